The van der Waals surface area contributed by atoms with E-state index >= 15 is 0 Å². The minimum atomic E-state index is -0.00995. The lowest BCUT2D eigenvalue weighted by atomic mass is 10.2. The molecular formula is C10H15N3O. The van der Waals surface area contributed by atoms with Crippen LogP contribution < -0.4 is 0 Å². The van der Waals surface area contributed by atoms with Gasteiger partial charge in [0.25, 0.3) is 5.91 Å². The molecule has 0 saturated heterocycles. The number of nitrogens with one attached hydrogen (secondary N) is 1. The van der Waals surface area contributed by atoms with E-state index in [1.165, 1.54) is 6.20 Å². The van der Waals surface area contributed by atoms with Gasteiger partial charge in [0.2, 0.25) is 0 Å². The summed E-state index contributed by atoms with van der Waals surface area (Å²) in [5, 5.41) is 6.37. The van der Waals surface area contributed by atoms with Crippen LogP contribution in [0.4, 0.5) is 0 Å². The summed E-state index contributed by atoms with van der Waals surface area (Å²) in [5.41, 5.74) is 1.57. The predicted octanol–water partition coefficient (Wildman–Crippen LogP) is 1.45. The van der Waals surface area contributed by atoms with Crippen LogP contribution >= 0.6 is 0 Å². The van der Waals surface area contributed by atoms with Crippen LogP contribution in [0, 0.1) is 0 Å². The molecule has 0 aliphatic heterocycles. The van der Waals surface area contributed by atoms with Crippen molar-refractivity contribution in [3.05, 3.63) is 30.1 Å². The number of aromatic nitrogens is 2. The van der Waals surface area contributed by atoms with E-state index in [9.17, 15) is 4.79 Å². The monoisotopic (exact) mass is 193 g/mol. The maximum atomic E-state index is 11.8. The van der Waals surface area contributed by atoms with Gasteiger partial charge in [-0.25, -0.2) is 0 Å². The van der Waals surface area contributed by atoms with Crippen LogP contribution in [-0.2, 0) is 0 Å². The lowest BCUT2D eigenvalue weighted by molar-refractivity contribution is 0.0778. The zero-order chi connectivity index (χ0) is 10.6. The summed E-state index contributed by atoms with van der Waals surface area (Å²) in [6.45, 7) is 8.92. The van der Waals surface area contributed by atoms with Crippen LogP contribution in [0.5, 0.6) is 0 Å². The summed E-state index contributed by atoms with van der Waals surface area (Å²) in [6.07, 6.45) is 3.13. The largest absolute Gasteiger partial charge is 0.335 e. The molecule has 1 amide bonds. The van der Waals surface area contributed by atoms with Crippen LogP contribution in [0.25, 0.3) is 0 Å². The van der Waals surface area contributed by atoms with Gasteiger partial charge in [0.1, 0.15) is 0 Å². The molecule has 76 valence electrons. The second kappa shape index (κ2) is 4.60. The number of hydrogen-bond acceptors (Lipinski definition) is 2. The number of nitrogens with zero attached hydrogens (tertiary/aromatic N) is 2. The second-order valence-corrected chi connectivity index (χ2v) is 3.26. The zero-order valence-corrected chi connectivity index (χ0v) is 8.58. The third-order valence-corrected chi connectivity index (χ3v) is 1.87. The molecule has 0 radical (unpaired) electrons. The minimum Gasteiger partial charge on any atom is -0.335 e. The molecule has 1 rings (SSSR count). The Morgan fingerprint density at radius 3 is 2.86 bits per heavy atom. The molecule has 0 aliphatic rings. The quantitative estimate of drug-likeness (QED) is 0.736. The van der Waals surface area contributed by atoms with Gasteiger partial charge in [-0.15, -0.1) is 0 Å². The van der Waals surface area contributed by atoms with Crippen molar-refractivity contribution < 1.29 is 4.79 Å². The van der Waals surface area contributed by atoms with E-state index < -0.39 is 0 Å². The standard InChI is InChI=1S/C10H15N3O/c1-4-13(7-8(2)3)10(14)9-5-11-12-6-9/h5-6H,2,4,7H2,1,3H3,(H,11,12). The number of carbonyl (C=O) groups is 1. The molecule has 0 unspecified atom stereocenters. The highest BCUT2D eigenvalue weighted by molar-refractivity contribution is 5.93. The summed E-state index contributed by atoms with van der Waals surface area (Å²) in [4.78, 5) is 13.5. The maximum absolute atomic E-state index is 11.8. The van der Waals surface area contributed by atoms with Gasteiger partial charge >= 0.3 is 0 Å². The van der Waals surface area contributed by atoms with Gasteiger partial charge < -0.3 is 4.90 Å². The smallest absolute Gasteiger partial charge is 0.257 e. The van der Waals surface area contributed by atoms with Gasteiger partial charge in [0.05, 0.1) is 11.8 Å². The Morgan fingerprint density at radius 2 is 2.43 bits per heavy atom. The van der Waals surface area contributed by atoms with Crippen LogP contribution in [0.1, 0.15) is 24.2 Å². The summed E-state index contributed by atoms with van der Waals surface area (Å²) >= 11 is 0. The Morgan fingerprint density at radius 1 is 1.71 bits per heavy atom. The fourth-order valence-electron chi connectivity index (χ4n) is 1.20. The summed E-state index contributed by atoms with van der Waals surface area (Å²) in [7, 11) is 0. The van der Waals surface area contributed by atoms with E-state index in [0.29, 0.717) is 18.7 Å². The molecule has 0 aliphatic carbocycles. The highest BCUT2D eigenvalue weighted by Gasteiger charge is 2.14. The molecule has 1 aromatic rings. The number of H-pyrrole nitrogens is 1. The van der Waals surface area contributed by atoms with E-state index in [1.54, 1.807) is 11.1 Å². The molecule has 0 fully saturated rings. The van der Waals surface area contributed by atoms with Crippen molar-refractivity contribution in [2.45, 2.75) is 13.8 Å². The summed E-state index contributed by atoms with van der Waals surface area (Å²) < 4.78 is 0. The van der Waals surface area contributed by atoms with Crippen LogP contribution in [-0.4, -0.2) is 34.1 Å². The highest BCUT2D eigenvalue weighted by atomic mass is 16.2. The van der Waals surface area contributed by atoms with E-state index in [0.717, 1.165) is 5.57 Å². The van der Waals surface area contributed by atoms with Crippen molar-refractivity contribution in [1.82, 2.24) is 15.1 Å². The fourth-order valence-corrected chi connectivity index (χ4v) is 1.20. The van der Waals surface area contributed by atoms with E-state index in [-0.39, 0.29) is 5.91 Å². The van der Waals surface area contributed by atoms with Gasteiger partial charge in [-0.2, -0.15) is 5.10 Å². The van der Waals surface area contributed by atoms with Gasteiger partial charge in [-0.05, 0) is 13.8 Å². The van der Waals surface area contributed by atoms with Gasteiger partial charge in [-0.1, -0.05) is 12.2 Å². The normalized spacial score (nSPS) is 9.86. The molecule has 0 aromatic carbocycles. The molecule has 1 aromatic heterocycles. The Hall–Kier alpha value is -1.58. The van der Waals surface area contributed by atoms with E-state index in [2.05, 4.69) is 16.8 Å². The molecule has 0 spiro atoms. The van der Waals surface area contributed by atoms with Crippen molar-refractivity contribution in [3.63, 3.8) is 0 Å². The van der Waals surface area contributed by atoms with Crippen molar-refractivity contribution in [3.8, 4) is 0 Å². The third kappa shape index (κ3) is 2.45. The third-order valence-electron chi connectivity index (χ3n) is 1.87. The minimum absolute atomic E-state index is 0.00995. The average Bonchev–Trinajstić information content (AvgIpc) is 2.65. The number of hydrogen-bond donors (Lipinski definition) is 1. The molecule has 0 bridgehead atoms. The first-order valence-corrected chi connectivity index (χ1v) is 4.57. The Labute approximate surface area is 83.6 Å². The number of rotatable bonds is 4. The van der Waals surface area contributed by atoms with Crippen molar-refractivity contribution in [1.29, 1.82) is 0 Å². The van der Waals surface area contributed by atoms with Gasteiger partial charge in [0, 0.05) is 19.3 Å². The van der Waals surface area contributed by atoms with E-state index in [4.69, 9.17) is 0 Å². The van der Waals surface area contributed by atoms with Crippen molar-refractivity contribution in [2.75, 3.05) is 13.1 Å². The predicted molar refractivity (Wildman–Crippen MR) is 55.0 cm³/mol. The molecule has 0 saturated carbocycles. The molecule has 4 nitrogen and oxygen atoms in total. The highest BCUT2D eigenvalue weighted by Crippen LogP contribution is 2.04. The number of amides is 1. The molecular weight excluding hydrogens is 178 g/mol. The van der Waals surface area contributed by atoms with Crippen molar-refractivity contribution in [2.24, 2.45) is 0 Å². The Kier molecular flexibility index (Phi) is 3.45. The fraction of sp³-hybridized carbons (Fsp3) is 0.400. The Bertz CT molecular complexity index is 316. The number of aromatic amines is 1. The molecule has 4 heteroatoms. The van der Waals surface area contributed by atoms with Crippen LogP contribution in [0.15, 0.2) is 24.5 Å². The first kappa shape index (κ1) is 10.5. The summed E-state index contributed by atoms with van der Waals surface area (Å²) in [5.74, 6) is -0.00995. The molecule has 0 atom stereocenters. The number of carbonyl (C=O) groups excluding carboxylic acids is 1. The maximum Gasteiger partial charge on any atom is 0.257 e. The lowest BCUT2D eigenvalue weighted by Gasteiger charge is -2.19. The molecule has 1 N–H and O–H groups in total. The Balaban J connectivity index is 2.70. The average molecular weight is 193 g/mol. The zero-order valence-electron chi connectivity index (χ0n) is 8.58. The number of likely N-dealkylation sites (N-methyl/N-ethyl adjacent to an activating group) is 1. The lowest BCUT2D eigenvalue weighted by Crippen LogP contribution is -2.31. The van der Waals surface area contributed by atoms with Crippen LogP contribution in [0.2, 0.25) is 0 Å². The van der Waals surface area contributed by atoms with Crippen molar-refractivity contribution >= 4 is 5.91 Å². The summed E-state index contributed by atoms with van der Waals surface area (Å²) in [6, 6.07) is 0. The first-order chi connectivity index (χ1) is 6.65. The van der Waals surface area contributed by atoms with Crippen LogP contribution in [0.3, 0.4) is 0 Å². The SMILES string of the molecule is C=C(C)CN(CC)C(=O)c1cn[nH]c1. The van der Waals surface area contributed by atoms with E-state index in [1.807, 2.05) is 13.8 Å². The molecule has 14 heavy (non-hydrogen) atoms. The van der Waals surface area contributed by atoms with Gasteiger partial charge in [0.15, 0.2) is 0 Å². The molecule has 1 heterocycles. The topological polar surface area (TPSA) is 49.0 Å². The second-order valence-electron chi connectivity index (χ2n) is 3.26. The van der Waals surface area contributed by atoms with Gasteiger partial charge in [-0.3, -0.25) is 9.89 Å². The first-order valence-electron chi connectivity index (χ1n) is 4.57.